The highest BCUT2D eigenvalue weighted by atomic mass is 19.1. The second kappa shape index (κ2) is 7.17. The molecule has 0 aliphatic carbocycles. The second-order valence-corrected chi connectivity index (χ2v) is 5.32. The standard InChI is InChI=1S/C15H19FN2O3/c16-13-5-1-3-11(7-13)9-18-6-2-4-12(10-18)15(21)17-8-14(19)20/h1,3,5,7,12H,2,4,6,8-10H2,(H,17,21)(H,19,20). The summed E-state index contributed by atoms with van der Waals surface area (Å²) in [6.07, 6.45) is 1.63. The number of rotatable bonds is 5. The molecule has 0 aromatic heterocycles. The van der Waals surface area contributed by atoms with Gasteiger partial charge in [0.2, 0.25) is 5.91 Å². The first-order chi connectivity index (χ1) is 10.0. The summed E-state index contributed by atoms with van der Waals surface area (Å²) in [6.45, 7) is 1.68. The molecule has 5 nitrogen and oxygen atoms in total. The molecule has 1 unspecified atom stereocenters. The molecule has 2 N–H and O–H groups in total. The third-order valence-corrected chi connectivity index (χ3v) is 3.59. The van der Waals surface area contributed by atoms with Crippen molar-refractivity contribution in [2.75, 3.05) is 19.6 Å². The fraction of sp³-hybridized carbons (Fsp3) is 0.467. The van der Waals surface area contributed by atoms with Gasteiger partial charge in [-0.1, -0.05) is 12.1 Å². The van der Waals surface area contributed by atoms with Crippen LogP contribution in [-0.4, -0.2) is 41.5 Å². The third-order valence-electron chi connectivity index (χ3n) is 3.59. The van der Waals surface area contributed by atoms with Gasteiger partial charge < -0.3 is 10.4 Å². The Morgan fingerprint density at radius 3 is 2.95 bits per heavy atom. The van der Waals surface area contributed by atoms with Gasteiger partial charge in [-0.3, -0.25) is 14.5 Å². The third kappa shape index (κ3) is 4.82. The molecule has 2 rings (SSSR count). The SMILES string of the molecule is O=C(O)CNC(=O)C1CCCN(Cc2cccc(F)c2)C1. The Morgan fingerprint density at radius 2 is 2.24 bits per heavy atom. The predicted molar refractivity (Wildman–Crippen MR) is 75.0 cm³/mol. The highest BCUT2D eigenvalue weighted by Gasteiger charge is 2.25. The number of nitrogens with one attached hydrogen (secondary N) is 1. The molecular weight excluding hydrogens is 275 g/mol. The Labute approximate surface area is 122 Å². The number of carbonyl (C=O) groups excluding carboxylic acids is 1. The van der Waals surface area contributed by atoms with Gasteiger partial charge in [0, 0.05) is 13.1 Å². The van der Waals surface area contributed by atoms with Crippen molar-refractivity contribution < 1.29 is 19.1 Å². The Balaban J connectivity index is 1.88. The molecule has 0 bridgehead atoms. The normalized spacial score (nSPS) is 19.2. The average Bonchev–Trinajstić information content (AvgIpc) is 2.45. The van der Waals surface area contributed by atoms with Gasteiger partial charge in [0.25, 0.3) is 0 Å². The topological polar surface area (TPSA) is 69.6 Å². The van der Waals surface area contributed by atoms with Gasteiger partial charge in [0.1, 0.15) is 12.4 Å². The summed E-state index contributed by atoms with van der Waals surface area (Å²) in [5.41, 5.74) is 0.876. The monoisotopic (exact) mass is 294 g/mol. The number of aliphatic carboxylic acids is 1. The van der Waals surface area contributed by atoms with Gasteiger partial charge in [-0.25, -0.2) is 4.39 Å². The maximum Gasteiger partial charge on any atom is 0.322 e. The van der Waals surface area contributed by atoms with Crippen molar-refractivity contribution in [2.45, 2.75) is 19.4 Å². The van der Waals surface area contributed by atoms with Crippen molar-refractivity contribution in [3.05, 3.63) is 35.6 Å². The van der Waals surface area contributed by atoms with Crippen LogP contribution < -0.4 is 5.32 Å². The van der Waals surface area contributed by atoms with Crippen molar-refractivity contribution in [1.29, 1.82) is 0 Å². The van der Waals surface area contributed by atoms with Crippen molar-refractivity contribution in [1.82, 2.24) is 10.2 Å². The Hall–Kier alpha value is -1.95. The maximum absolute atomic E-state index is 13.2. The van der Waals surface area contributed by atoms with Crippen molar-refractivity contribution >= 4 is 11.9 Å². The predicted octanol–water partition coefficient (Wildman–Crippen LogP) is 1.24. The Morgan fingerprint density at radius 1 is 1.43 bits per heavy atom. The fourth-order valence-electron chi connectivity index (χ4n) is 2.61. The minimum Gasteiger partial charge on any atom is -0.480 e. The van der Waals surface area contributed by atoms with Crippen LogP contribution in [0.4, 0.5) is 4.39 Å². The number of nitrogens with zero attached hydrogens (tertiary/aromatic N) is 1. The van der Waals surface area contributed by atoms with E-state index >= 15 is 0 Å². The Kier molecular flexibility index (Phi) is 5.27. The van der Waals surface area contributed by atoms with Crippen LogP contribution in [0.3, 0.4) is 0 Å². The summed E-state index contributed by atoms with van der Waals surface area (Å²) in [7, 11) is 0. The van der Waals surface area contributed by atoms with Crippen LogP contribution in [0.5, 0.6) is 0 Å². The molecule has 1 atom stereocenters. The maximum atomic E-state index is 13.2. The van der Waals surface area contributed by atoms with Gasteiger partial charge in [-0.15, -0.1) is 0 Å². The highest BCUT2D eigenvalue weighted by molar-refractivity contribution is 5.83. The molecule has 1 saturated heterocycles. The number of piperidine rings is 1. The molecule has 0 saturated carbocycles. The summed E-state index contributed by atoms with van der Waals surface area (Å²) in [4.78, 5) is 24.5. The molecule has 0 spiro atoms. The van der Waals surface area contributed by atoms with Crippen molar-refractivity contribution in [2.24, 2.45) is 5.92 Å². The van der Waals surface area contributed by atoms with E-state index < -0.39 is 5.97 Å². The first-order valence-electron chi connectivity index (χ1n) is 7.01. The van der Waals surface area contributed by atoms with E-state index in [-0.39, 0.29) is 24.2 Å². The van der Waals surface area contributed by atoms with Gasteiger partial charge in [0.15, 0.2) is 0 Å². The van der Waals surface area contributed by atoms with Gasteiger partial charge in [-0.2, -0.15) is 0 Å². The molecule has 21 heavy (non-hydrogen) atoms. The van der Waals surface area contributed by atoms with Gasteiger partial charge >= 0.3 is 5.97 Å². The zero-order valence-electron chi connectivity index (χ0n) is 11.7. The van der Waals surface area contributed by atoms with E-state index in [9.17, 15) is 14.0 Å². The van der Waals surface area contributed by atoms with Crippen LogP contribution in [0, 0.1) is 11.7 Å². The van der Waals surface area contributed by atoms with E-state index in [1.807, 2.05) is 6.07 Å². The molecule has 1 aromatic carbocycles. The van der Waals surface area contributed by atoms with Crippen LogP contribution in [0.1, 0.15) is 18.4 Å². The van der Waals surface area contributed by atoms with E-state index in [4.69, 9.17) is 5.11 Å². The van der Waals surface area contributed by atoms with E-state index in [1.165, 1.54) is 12.1 Å². The quantitative estimate of drug-likeness (QED) is 0.857. The summed E-state index contributed by atoms with van der Waals surface area (Å²) >= 11 is 0. The zero-order valence-corrected chi connectivity index (χ0v) is 11.7. The first kappa shape index (κ1) is 15.4. The Bertz CT molecular complexity index is 521. The van der Waals surface area contributed by atoms with E-state index in [1.54, 1.807) is 6.07 Å². The average molecular weight is 294 g/mol. The highest BCUT2D eigenvalue weighted by Crippen LogP contribution is 2.19. The number of hydrogen-bond donors (Lipinski definition) is 2. The number of carboxylic acids is 1. The smallest absolute Gasteiger partial charge is 0.322 e. The number of hydrogen-bond acceptors (Lipinski definition) is 3. The largest absolute Gasteiger partial charge is 0.480 e. The number of amides is 1. The van der Waals surface area contributed by atoms with Crippen LogP contribution in [0.2, 0.25) is 0 Å². The second-order valence-electron chi connectivity index (χ2n) is 5.32. The molecule has 1 fully saturated rings. The van der Waals surface area contributed by atoms with Crippen molar-refractivity contribution in [3.8, 4) is 0 Å². The van der Waals surface area contributed by atoms with Gasteiger partial charge in [-0.05, 0) is 37.1 Å². The van der Waals surface area contributed by atoms with Gasteiger partial charge in [0.05, 0.1) is 5.92 Å². The molecular formula is C15H19FN2O3. The van der Waals surface area contributed by atoms with Crippen LogP contribution in [0.15, 0.2) is 24.3 Å². The van der Waals surface area contributed by atoms with Crippen LogP contribution in [0.25, 0.3) is 0 Å². The number of carbonyl (C=O) groups is 2. The fourth-order valence-corrected chi connectivity index (χ4v) is 2.61. The number of likely N-dealkylation sites (tertiary alicyclic amines) is 1. The number of halogens is 1. The van der Waals surface area contributed by atoms with E-state index in [2.05, 4.69) is 10.2 Å². The molecule has 6 heteroatoms. The molecule has 114 valence electrons. The molecule has 0 radical (unpaired) electrons. The lowest BCUT2D eigenvalue weighted by Gasteiger charge is -2.31. The first-order valence-corrected chi connectivity index (χ1v) is 7.01. The van der Waals surface area contributed by atoms with E-state index in [0.29, 0.717) is 13.1 Å². The summed E-state index contributed by atoms with van der Waals surface area (Å²) < 4.78 is 13.2. The summed E-state index contributed by atoms with van der Waals surface area (Å²) in [5.74, 6) is -1.73. The lowest BCUT2D eigenvalue weighted by molar-refractivity contribution is -0.138. The van der Waals surface area contributed by atoms with Crippen LogP contribution in [-0.2, 0) is 16.1 Å². The minimum absolute atomic E-state index is 0.202. The van der Waals surface area contributed by atoms with E-state index in [0.717, 1.165) is 24.9 Å². The number of carboxylic acid groups (broad SMARTS) is 1. The summed E-state index contributed by atoms with van der Waals surface area (Å²) in [6, 6.07) is 6.43. The zero-order chi connectivity index (χ0) is 15.2. The molecule has 1 aliphatic heterocycles. The number of benzene rings is 1. The summed E-state index contributed by atoms with van der Waals surface area (Å²) in [5, 5.41) is 11.0. The molecule has 1 aromatic rings. The van der Waals surface area contributed by atoms with Crippen molar-refractivity contribution in [3.63, 3.8) is 0 Å². The van der Waals surface area contributed by atoms with Crippen LogP contribution >= 0.6 is 0 Å². The lowest BCUT2D eigenvalue weighted by atomic mass is 9.96. The molecule has 1 heterocycles. The molecule has 1 aliphatic rings. The minimum atomic E-state index is -1.05. The lowest BCUT2D eigenvalue weighted by Crippen LogP contribution is -2.43. The molecule has 1 amide bonds.